The molecule has 0 N–H and O–H groups in total. The van der Waals surface area contributed by atoms with Crippen LogP contribution in [-0.4, -0.2) is 16.7 Å². The van der Waals surface area contributed by atoms with Gasteiger partial charge in [0.25, 0.3) is 0 Å². The number of aromatic nitrogens is 4. The lowest BCUT2D eigenvalue weighted by atomic mass is 10.1. The molecule has 0 spiro atoms. The zero-order chi connectivity index (χ0) is 17.6. The average molecular weight is 450 g/mol. The van der Waals surface area contributed by atoms with E-state index in [9.17, 15) is 0 Å². The van der Waals surface area contributed by atoms with Gasteiger partial charge >= 0.3 is 0 Å². The van der Waals surface area contributed by atoms with E-state index in [4.69, 9.17) is 4.98 Å². The molecule has 3 aromatic heterocycles. The number of halogens is 1. The van der Waals surface area contributed by atoms with Crippen LogP contribution in [0.25, 0.3) is 49.7 Å². The summed E-state index contributed by atoms with van der Waals surface area (Å²) < 4.78 is 6.79. The number of nitrogens with zero attached hydrogens (tertiary/aromatic N) is 4. The Morgan fingerprint density at radius 3 is 2.42 bits per heavy atom. The molecule has 0 bridgehead atoms. The molecular weight excluding hydrogens is 435 g/mol. The maximum Gasteiger partial charge on any atom is 0.225 e. The summed E-state index contributed by atoms with van der Waals surface area (Å²) >= 11 is 2.38. The lowest BCUT2D eigenvalue weighted by Crippen LogP contribution is -1.92. The second-order valence-electron chi connectivity index (χ2n) is 6.86. The van der Waals surface area contributed by atoms with Crippen molar-refractivity contribution in [1.29, 1.82) is 0 Å². The summed E-state index contributed by atoms with van der Waals surface area (Å²) in [6.07, 6.45) is 0. The number of fused-ring (bicyclic) bond motifs is 8. The largest absolute Gasteiger partial charge is 0.343 e. The minimum absolute atomic E-state index is 0.976. The van der Waals surface area contributed by atoms with E-state index >= 15 is 0 Å². The molecule has 4 nitrogen and oxygen atoms in total. The van der Waals surface area contributed by atoms with Gasteiger partial charge in [-0.25, -0.2) is 7.76 Å². The molecule has 0 aliphatic rings. The Kier molecular flexibility index (Phi) is 2.69. The molecule has 6 aromatic rings. The first-order valence-corrected chi connectivity index (χ1v) is 9.58. The van der Waals surface area contributed by atoms with E-state index < -0.39 is 0 Å². The zero-order valence-corrected chi connectivity index (χ0v) is 16.5. The fourth-order valence-electron chi connectivity index (χ4n) is 4.43. The van der Waals surface area contributed by atoms with Gasteiger partial charge in [0, 0.05) is 28.9 Å². The first kappa shape index (κ1) is 14.6. The Hall–Kier alpha value is -2.54. The van der Waals surface area contributed by atoms with Gasteiger partial charge in [0.05, 0.1) is 50.4 Å². The standard InChI is InChI=1S/C21H15IN4/c1-12-19-14(13-7-3-5-9-16(13)24(19)2)11-18-20(12)26(22)21-23-15-8-4-6-10-17(15)25(18)21/h3-11H,1-2H3. The van der Waals surface area contributed by atoms with Crippen molar-refractivity contribution in [1.82, 2.24) is 16.7 Å². The summed E-state index contributed by atoms with van der Waals surface area (Å²) in [5, 5.41) is 2.60. The smallest absolute Gasteiger partial charge is 0.225 e. The molecule has 0 aliphatic carbocycles. The molecule has 26 heavy (non-hydrogen) atoms. The van der Waals surface area contributed by atoms with Gasteiger partial charge in [-0.2, -0.15) is 0 Å². The van der Waals surface area contributed by atoms with Gasteiger partial charge in [0.1, 0.15) is 0 Å². The second-order valence-corrected chi connectivity index (χ2v) is 7.82. The molecule has 3 aromatic carbocycles. The monoisotopic (exact) mass is 450 g/mol. The molecule has 0 atom stereocenters. The van der Waals surface area contributed by atoms with Crippen molar-refractivity contribution in [3.63, 3.8) is 0 Å². The van der Waals surface area contributed by atoms with E-state index in [-0.39, 0.29) is 0 Å². The highest BCUT2D eigenvalue weighted by molar-refractivity contribution is 14.1. The highest BCUT2D eigenvalue weighted by Gasteiger charge is 2.20. The van der Waals surface area contributed by atoms with Crippen molar-refractivity contribution in [3.8, 4) is 0 Å². The summed E-state index contributed by atoms with van der Waals surface area (Å²) in [4.78, 5) is 4.86. The molecule has 0 unspecified atom stereocenters. The molecule has 0 saturated heterocycles. The molecule has 5 heteroatoms. The van der Waals surface area contributed by atoms with Gasteiger partial charge in [-0.1, -0.05) is 30.3 Å². The lowest BCUT2D eigenvalue weighted by molar-refractivity contribution is 1.01. The van der Waals surface area contributed by atoms with Crippen LogP contribution in [-0.2, 0) is 7.05 Å². The van der Waals surface area contributed by atoms with E-state index in [1.165, 1.54) is 38.4 Å². The predicted octanol–water partition coefficient (Wildman–Crippen LogP) is 5.59. The Bertz CT molecular complexity index is 1510. The van der Waals surface area contributed by atoms with Crippen LogP contribution in [0.1, 0.15) is 5.56 Å². The summed E-state index contributed by atoms with van der Waals surface area (Å²) in [7, 11) is 2.16. The van der Waals surface area contributed by atoms with Crippen LogP contribution in [0.4, 0.5) is 0 Å². The minimum atomic E-state index is 0.976. The Morgan fingerprint density at radius 1 is 0.846 bits per heavy atom. The molecule has 0 aliphatic heterocycles. The number of imidazole rings is 2. The van der Waals surface area contributed by atoms with Crippen molar-refractivity contribution in [2.45, 2.75) is 6.92 Å². The first-order valence-electron chi connectivity index (χ1n) is 8.61. The van der Waals surface area contributed by atoms with Crippen molar-refractivity contribution in [3.05, 3.63) is 60.2 Å². The van der Waals surface area contributed by atoms with Crippen LogP contribution in [0.15, 0.2) is 54.6 Å². The fourth-order valence-corrected chi connectivity index (χ4v) is 5.36. The molecule has 0 radical (unpaired) electrons. The maximum absolute atomic E-state index is 4.86. The van der Waals surface area contributed by atoms with Gasteiger partial charge in [-0.3, -0.25) is 4.40 Å². The van der Waals surface area contributed by atoms with Gasteiger partial charge < -0.3 is 4.57 Å². The summed E-state index contributed by atoms with van der Waals surface area (Å²) in [5.74, 6) is 0.976. The van der Waals surface area contributed by atoms with E-state index in [2.05, 4.69) is 97.1 Å². The predicted molar refractivity (Wildman–Crippen MR) is 116 cm³/mol. The summed E-state index contributed by atoms with van der Waals surface area (Å²) in [5.41, 5.74) is 8.49. The summed E-state index contributed by atoms with van der Waals surface area (Å²) in [6, 6.07) is 19.3. The van der Waals surface area contributed by atoms with Crippen LogP contribution in [0.3, 0.4) is 0 Å². The molecular formula is C21H15IN4. The number of para-hydroxylation sites is 3. The highest BCUT2D eigenvalue weighted by atomic mass is 127. The average Bonchev–Trinajstić information content (AvgIpc) is 3.26. The molecule has 0 amide bonds. The Morgan fingerprint density at radius 2 is 1.58 bits per heavy atom. The fraction of sp³-hybridized carbons (Fsp3) is 0.0952. The molecule has 0 fully saturated rings. The van der Waals surface area contributed by atoms with Crippen LogP contribution < -0.4 is 0 Å². The van der Waals surface area contributed by atoms with Crippen molar-refractivity contribution < 1.29 is 0 Å². The number of rotatable bonds is 0. The van der Waals surface area contributed by atoms with E-state index in [0.717, 1.165) is 16.8 Å². The van der Waals surface area contributed by atoms with E-state index in [1.54, 1.807) is 0 Å². The molecule has 0 saturated carbocycles. The zero-order valence-electron chi connectivity index (χ0n) is 14.4. The highest BCUT2D eigenvalue weighted by Crippen LogP contribution is 2.38. The topological polar surface area (TPSA) is 27.2 Å². The van der Waals surface area contributed by atoms with Crippen molar-refractivity contribution in [2.24, 2.45) is 7.05 Å². The van der Waals surface area contributed by atoms with Crippen LogP contribution >= 0.6 is 22.9 Å². The van der Waals surface area contributed by atoms with Crippen molar-refractivity contribution in [2.75, 3.05) is 0 Å². The SMILES string of the molecule is Cc1c2c(cc3c1n(I)c1nc4ccccc4n31)c1ccccc1n2C. The maximum atomic E-state index is 4.86. The lowest BCUT2D eigenvalue weighted by Gasteiger charge is -2.05. The normalized spacial score (nSPS) is 12.4. The van der Waals surface area contributed by atoms with Gasteiger partial charge in [-0.05, 0) is 31.2 Å². The summed E-state index contributed by atoms with van der Waals surface area (Å²) in [6.45, 7) is 2.22. The van der Waals surface area contributed by atoms with Gasteiger partial charge in [0.2, 0.25) is 5.78 Å². The molecule has 3 heterocycles. The van der Waals surface area contributed by atoms with Crippen LogP contribution in [0.2, 0.25) is 0 Å². The minimum Gasteiger partial charge on any atom is -0.343 e. The molecule has 6 rings (SSSR count). The van der Waals surface area contributed by atoms with E-state index in [0.29, 0.717) is 0 Å². The number of benzene rings is 3. The number of aryl methyl sites for hydroxylation is 2. The van der Waals surface area contributed by atoms with Crippen LogP contribution in [0, 0.1) is 6.92 Å². The quantitative estimate of drug-likeness (QED) is 0.277. The number of hydrogen-bond donors (Lipinski definition) is 0. The van der Waals surface area contributed by atoms with Gasteiger partial charge in [-0.15, -0.1) is 0 Å². The number of hydrogen-bond acceptors (Lipinski definition) is 1. The van der Waals surface area contributed by atoms with Crippen molar-refractivity contribution >= 4 is 72.5 Å². The molecule has 126 valence electrons. The first-order chi connectivity index (χ1) is 12.7. The Labute approximate surface area is 163 Å². The second kappa shape index (κ2) is 4.79. The third kappa shape index (κ3) is 1.58. The Balaban J connectivity index is 1.97. The van der Waals surface area contributed by atoms with E-state index in [1.807, 2.05) is 6.07 Å². The van der Waals surface area contributed by atoms with Gasteiger partial charge in [0.15, 0.2) is 0 Å². The third-order valence-electron chi connectivity index (χ3n) is 5.54. The van der Waals surface area contributed by atoms with Crippen LogP contribution in [0.5, 0.6) is 0 Å². The third-order valence-corrected chi connectivity index (χ3v) is 6.45.